The Morgan fingerprint density at radius 1 is 0.318 bits per heavy atom. The van der Waals surface area contributed by atoms with Gasteiger partial charge in [-0.1, -0.05) is 89.9 Å². The van der Waals surface area contributed by atoms with Gasteiger partial charge in [0, 0.05) is 0 Å². The van der Waals surface area contributed by atoms with Crippen molar-refractivity contribution in [3.63, 3.8) is 0 Å². The fourth-order valence-electron chi connectivity index (χ4n) is 3.89. The van der Waals surface area contributed by atoms with E-state index in [1.165, 1.54) is 116 Å². The Morgan fingerprint density at radius 2 is 0.545 bits per heavy atom. The van der Waals surface area contributed by atoms with Crippen molar-refractivity contribution in [1.82, 2.24) is 0 Å². The van der Waals surface area contributed by atoms with E-state index in [-0.39, 0.29) is 0 Å². The van der Waals surface area contributed by atoms with Gasteiger partial charge in [-0.15, -0.1) is 0 Å². The van der Waals surface area contributed by atoms with Gasteiger partial charge >= 0.3 is 0 Å². The van der Waals surface area contributed by atoms with E-state index in [1.807, 2.05) is 0 Å². The summed E-state index contributed by atoms with van der Waals surface area (Å²) in [6.07, 6.45) is 24.8. The smallest absolute Gasteiger partial charge is 0.0930 e. The van der Waals surface area contributed by atoms with Gasteiger partial charge in [-0.05, 0) is 25.7 Å². The molecule has 2 rings (SSSR count). The standard InChI is InChI=1S/C20H38O2/c1-3-7-11-15-19(16-12-8-4-1)21-22-20-17-13-9-5-2-6-10-14-18-20/h19-20H,1-18H2. The molecule has 0 unspecified atom stereocenters. The Balaban J connectivity index is 1.67. The molecule has 22 heavy (non-hydrogen) atoms. The third-order valence-corrected chi connectivity index (χ3v) is 5.43. The molecule has 0 aromatic heterocycles. The zero-order chi connectivity index (χ0) is 15.3. The summed E-state index contributed by atoms with van der Waals surface area (Å²) in [6, 6.07) is 0. The van der Waals surface area contributed by atoms with E-state index in [0.29, 0.717) is 12.2 Å². The van der Waals surface area contributed by atoms with Crippen molar-refractivity contribution in [2.24, 2.45) is 0 Å². The van der Waals surface area contributed by atoms with Crippen LogP contribution in [0.25, 0.3) is 0 Å². The lowest BCUT2D eigenvalue weighted by Gasteiger charge is -2.23. The van der Waals surface area contributed by atoms with Gasteiger partial charge in [-0.25, -0.2) is 9.78 Å². The molecule has 0 aliphatic heterocycles. The summed E-state index contributed by atoms with van der Waals surface area (Å²) < 4.78 is 0. The molecule has 0 aromatic carbocycles. The molecule has 0 bridgehead atoms. The third kappa shape index (κ3) is 8.53. The van der Waals surface area contributed by atoms with Crippen molar-refractivity contribution in [1.29, 1.82) is 0 Å². The predicted molar refractivity (Wildman–Crippen MR) is 92.9 cm³/mol. The van der Waals surface area contributed by atoms with Crippen LogP contribution in [0.15, 0.2) is 0 Å². The maximum Gasteiger partial charge on any atom is 0.0930 e. The van der Waals surface area contributed by atoms with E-state index in [1.54, 1.807) is 0 Å². The van der Waals surface area contributed by atoms with Crippen molar-refractivity contribution in [3.05, 3.63) is 0 Å². The molecule has 2 aliphatic carbocycles. The maximum absolute atomic E-state index is 5.92. The van der Waals surface area contributed by atoms with Gasteiger partial charge in [0.1, 0.15) is 0 Å². The van der Waals surface area contributed by atoms with Gasteiger partial charge in [0.2, 0.25) is 0 Å². The maximum atomic E-state index is 5.92. The second-order valence-corrected chi connectivity index (χ2v) is 7.54. The molecular weight excluding hydrogens is 272 g/mol. The zero-order valence-electron chi connectivity index (χ0n) is 14.7. The molecule has 0 heterocycles. The molecule has 2 nitrogen and oxygen atoms in total. The largest absolute Gasteiger partial charge is 0.233 e. The average Bonchev–Trinajstić information content (AvgIpc) is 2.56. The summed E-state index contributed by atoms with van der Waals surface area (Å²) in [5.41, 5.74) is 0. The second-order valence-electron chi connectivity index (χ2n) is 7.54. The van der Waals surface area contributed by atoms with Crippen LogP contribution in [0.1, 0.15) is 116 Å². The molecule has 0 saturated heterocycles. The quantitative estimate of drug-likeness (QED) is 0.425. The van der Waals surface area contributed by atoms with Gasteiger partial charge in [0.15, 0.2) is 0 Å². The minimum atomic E-state index is 0.355. The van der Waals surface area contributed by atoms with Crippen LogP contribution in [0.3, 0.4) is 0 Å². The van der Waals surface area contributed by atoms with E-state index in [2.05, 4.69) is 0 Å². The molecule has 2 saturated carbocycles. The lowest BCUT2D eigenvalue weighted by Crippen LogP contribution is -2.21. The van der Waals surface area contributed by atoms with Crippen LogP contribution in [0.4, 0.5) is 0 Å². The Labute approximate surface area is 138 Å². The van der Waals surface area contributed by atoms with Crippen LogP contribution in [0.2, 0.25) is 0 Å². The summed E-state index contributed by atoms with van der Waals surface area (Å²) in [5.74, 6) is 0. The SMILES string of the molecule is C1CCCCC(OOC2CCCCCCCCC2)CCCC1. The molecule has 0 atom stereocenters. The van der Waals surface area contributed by atoms with Crippen molar-refractivity contribution in [2.75, 3.05) is 0 Å². The van der Waals surface area contributed by atoms with Crippen LogP contribution >= 0.6 is 0 Å². The van der Waals surface area contributed by atoms with Crippen LogP contribution in [0, 0.1) is 0 Å². The highest BCUT2D eigenvalue weighted by Crippen LogP contribution is 2.23. The Kier molecular flexibility index (Phi) is 10.3. The first-order chi connectivity index (χ1) is 10.9. The van der Waals surface area contributed by atoms with Gasteiger partial charge in [-0.2, -0.15) is 0 Å². The van der Waals surface area contributed by atoms with Crippen LogP contribution in [-0.2, 0) is 9.78 Å². The summed E-state index contributed by atoms with van der Waals surface area (Å²) >= 11 is 0. The minimum Gasteiger partial charge on any atom is -0.233 e. The molecule has 2 fully saturated rings. The average molecular weight is 311 g/mol. The van der Waals surface area contributed by atoms with Gasteiger partial charge in [0.25, 0.3) is 0 Å². The molecule has 2 aliphatic rings. The highest BCUT2D eigenvalue weighted by Gasteiger charge is 2.16. The molecule has 0 N–H and O–H groups in total. The normalized spacial score (nSPS) is 25.6. The molecule has 130 valence electrons. The molecule has 0 amide bonds. The fraction of sp³-hybridized carbons (Fsp3) is 1.00. The summed E-state index contributed by atoms with van der Waals surface area (Å²) in [6.45, 7) is 0. The first kappa shape index (κ1) is 18.3. The molecule has 0 aromatic rings. The van der Waals surface area contributed by atoms with E-state index < -0.39 is 0 Å². The predicted octanol–water partition coefficient (Wildman–Crippen LogP) is 6.72. The number of hydrogen-bond acceptors (Lipinski definition) is 2. The summed E-state index contributed by atoms with van der Waals surface area (Å²) in [7, 11) is 0. The number of rotatable bonds is 3. The first-order valence-corrected chi connectivity index (χ1v) is 10.3. The molecule has 0 spiro atoms. The third-order valence-electron chi connectivity index (χ3n) is 5.43. The van der Waals surface area contributed by atoms with Crippen molar-refractivity contribution in [3.8, 4) is 0 Å². The molecule has 0 radical (unpaired) electrons. The number of hydrogen-bond donors (Lipinski definition) is 0. The van der Waals surface area contributed by atoms with E-state index in [4.69, 9.17) is 9.78 Å². The summed E-state index contributed by atoms with van der Waals surface area (Å²) in [5, 5.41) is 0. The zero-order valence-corrected chi connectivity index (χ0v) is 14.7. The van der Waals surface area contributed by atoms with Crippen LogP contribution in [0.5, 0.6) is 0 Å². The van der Waals surface area contributed by atoms with Crippen LogP contribution in [-0.4, -0.2) is 12.2 Å². The highest BCUT2D eigenvalue weighted by atomic mass is 17.2. The van der Waals surface area contributed by atoms with Crippen molar-refractivity contribution in [2.45, 2.75) is 128 Å². The first-order valence-electron chi connectivity index (χ1n) is 10.3. The lowest BCUT2D eigenvalue weighted by molar-refractivity contribution is -0.355. The Bertz CT molecular complexity index is 208. The monoisotopic (exact) mass is 310 g/mol. The fourth-order valence-corrected chi connectivity index (χ4v) is 3.89. The van der Waals surface area contributed by atoms with E-state index in [0.717, 1.165) is 0 Å². The minimum absolute atomic E-state index is 0.355. The van der Waals surface area contributed by atoms with Crippen LogP contribution < -0.4 is 0 Å². The van der Waals surface area contributed by atoms with E-state index >= 15 is 0 Å². The van der Waals surface area contributed by atoms with Crippen molar-refractivity contribution >= 4 is 0 Å². The molecular formula is C20H38O2. The summed E-state index contributed by atoms with van der Waals surface area (Å²) in [4.78, 5) is 11.8. The van der Waals surface area contributed by atoms with Gasteiger partial charge < -0.3 is 0 Å². The topological polar surface area (TPSA) is 18.5 Å². The Morgan fingerprint density at radius 3 is 0.818 bits per heavy atom. The lowest BCUT2D eigenvalue weighted by atomic mass is 9.99. The van der Waals surface area contributed by atoms with Gasteiger partial charge in [0.05, 0.1) is 12.2 Å². The van der Waals surface area contributed by atoms with E-state index in [9.17, 15) is 0 Å². The highest BCUT2D eigenvalue weighted by molar-refractivity contribution is 4.63. The second kappa shape index (κ2) is 12.4. The Hall–Kier alpha value is -0.0800. The van der Waals surface area contributed by atoms with Gasteiger partial charge in [-0.3, -0.25) is 0 Å². The van der Waals surface area contributed by atoms with Crippen molar-refractivity contribution < 1.29 is 9.78 Å². The molecule has 2 heteroatoms.